The summed E-state index contributed by atoms with van der Waals surface area (Å²) in [6, 6.07) is 4.22. The molecule has 1 rings (SSSR count). The first-order valence-electron chi connectivity index (χ1n) is 6.39. The number of nitrogens with one attached hydrogen (secondary N) is 1. The number of nitrogens with two attached hydrogens (primary N) is 1. The smallest absolute Gasteiger partial charge is 0.203 e. The predicted octanol–water partition coefficient (Wildman–Crippen LogP) is 1.54. The monoisotopic (exact) mass is 268 g/mol. The summed E-state index contributed by atoms with van der Waals surface area (Å²) in [4.78, 5) is 0. The second kappa shape index (κ2) is 7.86. The lowest BCUT2D eigenvalue weighted by atomic mass is 10.1. The van der Waals surface area contributed by atoms with Gasteiger partial charge in [-0.25, -0.2) is 0 Å². The maximum absolute atomic E-state index is 5.54. The summed E-state index contributed by atoms with van der Waals surface area (Å²) in [6.45, 7) is 3.49. The van der Waals surface area contributed by atoms with Crippen LogP contribution in [0.4, 0.5) is 0 Å². The molecule has 1 unspecified atom stereocenters. The molecule has 0 fully saturated rings. The Kier molecular flexibility index (Phi) is 6.45. The lowest BCUT2D eigenvalue weighted by Gasteiger charge is -2.18. The molecule has 5 nitrogen and oxygen atoms in total. The molecule has 5 heteroatoms. The van der Waals surface area contributed by atoms with Crippen molar-refractivity contribution in [3.05, 3.63) is 17.7 Å². The summed E-state index contributed by atoms with van der Waals surface area (Å²) < 4.78 is 16.0. The van der Waals surface area contributed by atoms with Gasteiger partial charge in [0.2, 0.25) is 5.75 Å². The lowest BCUT2D eigenvalue weighted by molar-refractivity contribution is 0.321. The highest BCUT2D eigenvalue weighted by molar-refractivity contribution is 5.55. The average molecular weight is 268 g/mol. The summed E-state index contributed by atoms with van der Waals surface area (Å²) in [5.41, 5.74) is 6.57. The van der Waals surface area contributed by atoms with Gasteiger partial charge in [-0.05, 0) is 26.0 Å². The van der Waals surface area contributed by atoms with E-state index in [4.69, 9.17) is 19.9 Å². The molecular formula is C14H24N2O3. The van der Waals surface area contributed by atoms with Gasteiger partial charge in [0.25, 0.3) is 0 Å². The van der Waals surface area contributed by atoms with E-state index in [0.29, 0.717) is 36.4 Å². The molecule has 0 aromatic heterocycles. The Morgan fingerprint density at radius 2 is 1.79 bits per heavy atom. The fraction of sp³-hybridized carbons (Fsp3) is 0.571. The van der Waals surface area contributed by atoms with E-state index in [2.05, 4.69) is 12.2 Å². The quantitative estimate of drug-likeness (QED) is 0.748. The van der Waals surface area contributed by atoms with Crippen LogP contribution in [0.2, 0.25) is 0 Å². The van der Waals surface area contributed by atoms with Gasteiger partial charge in [-0.2, -0.15) is 0 Å². The van der Waals surface area contributed by atoms with Crippen LogP contribution in [0.5, 0.6) is 17.2 Å². The van der Waals surface area contributed by atoms with Crippen molar-refractivity contribution in [3.8, 4) is 17.2 Å². The van der Waals surface area contributed by atoms with Crippen molar-refractivity contribution in [2.75, 3.05) is 27.9 Å². The first-order valence-corrected chi connectivity index (χ1v) is 6.39. The van der Waals surface area contributed by atoms with E-state index in [-0.39, 0.29) is 0 Å². The van der Waals surface area contributed by atoms with Crippen molar-refractivity contribution in [3.63, 3.8) is 0 Å². The number of hydrogen-bond donors (Lipinski definition) is 2. The van der Waals surface area contributed by atoms with Gasteiger partial charge in [-0.3, -0.25) is 0 Å². The maximum atomic E-state index is 5.54. The fourth-order valence-electron chi connectivity index (χ4n) is 1.94. The Labute approximate surface area is 115 Å². The number of rotatable bonds is 8. The molecule has 0 radical (unpaired) electrons. The number of benzene rings is 1. The van der Waals surface area contributed by atoms with E-state index < -0.39 is 0 Å². The van der Waals surface area contributed by atoms with Gasteiger partial charge in [0.05, 0.1) is 21.3 Å². The number of ether oxygens (including phenoxy) is 3. The minimum absolute atomic E-state index is 0.364. The zero-order valence-corrected chi connectivity index (χ0v) is 12.2. The molecule has 0 heterocycles. The van der Waals surface area contributed by atoms with Crippen molar-refractivity contribution >= 4 is 0 Å². The summed E-state index contributed by atoms with van der Waals surface area (Å²) in [5.74, 6) is 1.99. The first-order chi connectivity index (χ1) is 9.17. The molecule has 0 saturated heterocycles. The zero-order valence-electron chi connectivity index (χ0n) is 12.2. The van der Waals surface area contributed by atoms with Gasteiger partial charge in [-0.1, -0.05) is 6.07 Å². The molecule has 3 N–H and O–H groups in total. The highest BCUT2D eigenvalue weighted by atomic mass is 16.5. The van der Waals surface area contributed by atoms with Crippen LogP contribution in [-0.2, 0) is 6.54 Å². The largest absolute Gasteiger partial charge is 0.493 e. The Morgan fingerprint density at radius 3 is 2.32 bits per heavy atom. The van der Waals surface area contributed by atoms with Crippen molar-refractivity contribution in [2.24, 2.45) is 5.73 Å². The van der Waals surface area contributed by atoms with Gasteiger partial charge in [0, 0.05) is 18.2 Å². The lowest BCUT2D eigenvalue weighted by Crippen LogP contribution is -2.28. The topological polar surface area (TPSA) is 65.7 Å². The van der Waals surface area contributed by atoms with E-state index in [1.54, 1.807) is 21.3 Å². The molecule has 108 valence electrons. The minimum Gasteiger partial charge on any atom is -0.493 e. The van der Waals surface area contributed by atoms with E-state index in [0.717, 1.165) is 12.0 Å². The van der Waals surface area contributed by atoms with Gasteiger partial charge in [-0.15, -0.1) is 0 Å². The summed E-state index contributed by atoms with van der Waals surface area (Å²) >= 11 is 0. The van der Waals surface area contributed by atoms with Crippen molar-refractivity contribution in [1.29, 1.82) is 0 Å². The van der Waals surface area contributed by atoms with Crippen LogP contribution in [-0.4, -0.2) is 33.9 Å². The Morgan fingerprint density at radius 1 is 1.11 bits per heavy atom. The average Bonchev–Trinajstić information content (AvgIpc) is 2.43. The second-order valence-corrected chi connectivity index (χ2v) is 4.35. The second-order valence-electron chi connectivity index (χ2n) is 4.35. The molecule has 1 aromatic carbocycles. The number of methoxy groups -OCH3 is 3. The van der Waals surface area contributed by atoms with Gasteiger partial charge < -0.3 is 25.3 Å². The highest BCUT2D eigenvalue weighted by Crippen LogP contribution is 2.39. The Balaban J connectivity index is 2.89. The van der Waals surface area contributed by atoms with Crippen LogP contribution < -0.4 is 25.3 Å². The zero-order chi connectivity index (χ0) is 14.3. The molecule has 0 spiro atoms. The minimum atomic E-state index is 0.364. The summed E-state index contributed by atoms with van der Waals surface area (Å²) in [5, 5.41) is 3.41. The SMILES string of the molecule is COc1ccc(CNC(C)CCN)c(OC)c1OC. The van der Waals surface area contributed by atoms with Crippen LogP contribution >= 0.6 is 0 Å². The third-order valence-electron chi connectivity index (χ3n) is 3.03. The summed E-state index contributed by atoms with van der Waals surface area (Å²) in [6.07, 6.45) is 0.940. The first kappa shape index (κ1) is 15.6. The molecule has 0 amide bonds. The van der Waals surface area contributed by atoms with Gasteiger partial charge in [0.1, 0.15) is 0 Å². The van der Waals surface area contributed by atoms with Crippen LogP contribution in [0.3, 0.4) is 0 Å². The van der Waals surface area contributed by atoms with Crippen LogP contribution in [0.25, 0.3) is 0 Å². The van der Waals surface area contributed by atoms with Gasteiger partial charge in [0.15, 0.2) is 11.5 Å². The van der Waals surface area contributed by atoms with Crippen LogP contribution in [0.1, 0.15) is 18.9 Å². The predicted molar refractivity (Wildman–Crippen MR) is 76.1 cm³/mol. The third kappa shape index (κ3) is 4.01. The molecule has 1 atom stereocenters. The molecule has 0 aliphatic heterocycles. The van der Waals surface area contributed by atoms with E-state index in [1.165, 1.54) is 0 Å². The fourth-order valence-corrected chi connectivity index (χ4v) is 1.94. The van der Waals surface area contributed by atoms with Crippen molar-refractivity contribution < 1.29 is 14.2 Å². The number of hydrogen-bond acceptors (Lipinski definition) is 5. The summed E-state index contributed by atoms with van der Waals surface area (Å²) in [7, 11) is 4.84. The molecule has 0 bridgehead atoms. The van der Waals surface area contributed by atoms with E-state index >= 15 is 0 Å². The molecule has 0 saturated carbocycles. The molecular weight excluding hydrogens is 244 g/mol. The van der Waals surface area contributed by atoms with E-state index in [9.17, 15) is 0 Å². The van der Waals surface area contributed by atoms with Gasteiger partial charge >= 0.3 is 0 Å². The Hall–Kier alpha value is -1.46. The Bertz CT molecular complexity index is 397. The van der Waals surface area contributed by atoms with Crippen LogP contribution in [0.15, 0.2) is 12.1 Å². The molecule has 0 aliphatic rings. The molecule has 1 aromatic rings. The normalized spacial score (nSPS) is 12.1. The highest BCUT2D eigenvalue weighted by Gasteiger charge is 2.15. The van der Waals surface area contributed by atoms with E-state index in [1.807, 2.05) is 12.1 Å². The van der Waals surface area contributed by atoms with Crippen molar-refractivity contribution in [1.82, 2.24) is 5.32 Å². The van der Waals surface area contributed by atoms with Crippen molar-refractivity contribution in [2.45, 2.75) is 25.9 Å². The van der Waals surface area contributed by atoms with Crippen LogP contribution in [0, 0.1) is 0 Å². The standard InChI is InChI=1S/C14H24N2O3/c1-10(7-8-15)16-9-11-5-6-12(17-2)14(19-4)13(11)18-3/h5-6,10,16H,7-9,15H2,1-4H3. The third-order valence-corrected chi connectivity index (χ3v) is 3.03. The molecule has 0 aliphatic carbocycles. The maximum Gasteiger partial charge on any atom is 0.203 e. The molecule has 19 heavy (non-hydrogen) atoms.